The summed E-state index contributed by atoms with van der Waals surface area (Å²) in [7, 11) is 0. The number of benzene rings is 1. The Morgan fingerprint density at radius 3 is 2.67 bits per heavy atom. The van der Waals surface area contributed by atoms with Crippen LogP contribution in [0.2, 0.25) is 0 Å². The Balaban J connectivity index is 2.59. The van der Waals surface area contributed by atoms with Crippen molar-refractivity contribution in [3.63, 3.8) is 0 Å². The highest BCUT2D eigenvalue weighted by Crippen LogP contribution is 2.20. The maximum atomic E-state index is 8.93. The molecule has 1 aromatic rings. The summed E-state index contributed by atoms with van der Waals surface area (Å²) < 4.78 is 10.7. The van der Waals surface area contributed by atoms with Crippen molar-refractivity contribution in [3.8, 4) is 5.75 Å². The van der Waals surface area contributed by atoms with Gasteiger partial charge in [0.25, 0.3) is 0 Å². The molecule has 0 atom stereocenters. The average molecular weight is 253 g/mol. The van der Waals surface area contributed by atoms with Crippen LogP contribution in [0.3, 0.4) is 0 Å². The molecule has 0 radical (unpaired) electrons. The van der Waals surface area contributed by atoms with Crippen molar-refractivity contribution in [1.82, 2.24) is 0 Å². The van der Waals surface area contributed by atoms with Crippen LogP contribution < -0.4 is 4.74 Å². The predicted octanol–water partition coefficient (Wildman–Crippen LogP) is 1.66. The van der Waals surface area contributed by atoms with Crippen molar-refractivity contribution in [2.24, 2.45) is 5.16 Å². The Hall–Kier alpha value is -1.59. The first-order chi connectivity index (χ1) is 8.83. The van der Waals surface area contributed by atoms with Crippen molar-refractivity contribution in [3.05, 3.63) is 29.8 Å². The lowest BCUT2D eigenvalue weighted by molar-refractivity contribution is 0.0705. The van der Waals surface area contributed by atoms with E-state index in [1.165, 1.54) is 0 Å². The maximum Gasteiger partial charge on any atom is 0.128 e. The minimum atomic E-state index is 0.00768. The van der Waals surface area contributed by atoms with E-state index in [9.17, 15) is 0 Å². The molecule has 100 valence electrons. The fourth-order valence-corrected chi connectivity index (χ4v) is 1.52. The van der Waals surface area contributed by atoms with Gasteiger partial charge in [0.1, 0.15) is 12.4 Å². The van der Waals surface area contributed by atoms with Crippen molar-refractivity contribution >= 4 is 5.71 Å². The predicted molar refractivity (Wildman–Crippen MR) is 68.5 cm³/mol. The summed E-state index contributed by atoms with van der Waals surface area (Å²) in [6.07, 6.45) is 0.623. The number of aliphatic hydroxyl groups is 1. The third kappa shape index (κ3) is 4.35. The molecule has 0 aliphatic rings. The first-order valence-electron chi connectivity index (χ1n) is 5.95. The van der Waals surface area contributed by atoms with Gasteiger partial charge in [0.15, 0.2) is 0 Å². The van der Waals surface area contributed by atoms with Crippen LogP contribution in [0, 0.1) is 0 Å². The molecule has 0 aliphatic heterocycles. The minimum absolute atomic E-state index is 0.00768. The van der Waals surface area contributed by atoms with E-state index in [2.05, 4.69) is 5.16 Å². The second kappa shape index (κ2) is 8.49. The van der Waals surface area contributed by atoms with Crippen LogP contribution >= 0.6 is 0 Å². The van der Waals surface area contributed by atoms with Gasteiger partial charge in [0.2, 0.25) is 0 Å². The van der Waals surface area contributed by atoms with Gasteiger partial charge in [0, 0.05) is 5.56 Å². The van der Waals surface area contributed by atoms with Crippen molar-refractivity contribution < 1.29 is 19.8 Å². The highest BCUT2D eigenvalue weighted by molar-refractivity contribution is 6.02. The summed E-state index contributed by atoms with van der Waals surface area (Å²) in [4.78, 5) is 0. The van der Waals surface area contributed by atoms with E-state index >= 15 is 0 Å². The number of rotatable bonds is 8. The smallest absolute Gasteiger partial charge is 0.128 e. The molecule has 18 heavy (non-hydrogen) atoms. The Labute approximate surface area is 107 Å². The summed E-state index contributed by atoms with van der Waals surface area (Å²) >= 11 is 0. The van der Waals surface area contributed by atoms with Crippen LogP contribution in [0.1, 0.15) is 18.9 Å². The molecule has 0 aromatic heterocycles. The quantitative estimate of drug-likeness (QED) is 0.320. The summed E-state index contributed by atoms with van der Waals surface area (Å²) in [6.45, 7) is 3.03. The van der Waals surface area contributed by atoms with E-state index in [1.807, 2.05) is 31.2 Å². The molecule has 1 rings (SSSR count). The molecule has 0 saturated heterocycles. The van der Waals surface area contributed by atoms with E-state index in [1.54, 1.807) is 0 Å². The topological polar surface area (TPSA) is 71.3 Å². The first kappa shape index (κ1) is 14.5. The van der Waals surface area contributed by atoms with Crippen LogP contribution in [-0.4, -0.2) is 42.5 Å². The van der Waals surface area contributed by atoms with Crippen molar-refractivity contribution in [1.29, 1.82) is 0 Å². The zero-order valence-corrected chi connectivity index (χ0v) is 10.5. The van der Waals surface area contributed by atoms with Gasteiger partial charge < -0.3 is 19.8 Å². The molecule has 2 N–H and O–H groups in total. The molecular formula is C13H19NO4. The van der Waals surface area contributed by atoms with Crippen LogP contribution in [-0.2, 0) is 4.74 Å². The molecule has 0 unspecified atom stereocenters. The number of para-hydroxylation sites is 1. The number of ether oxygens (including phenoxy) is 2. The van der Waals surface area contributed by atoms with E-state index in [-0.39, 0.29) is 6.61 Å². The monoisotopic (exact) mass is 253 g/mol. The zero-order valence-electron chi connectivity index (χ0n) is 10.5. The molecule has 0 spiro atoms. The third-order valence-corrected chi connectivity index (χ3v) is 2.37. The molecule has 0 aliphatic carbocycles. The standard InChI is InChI=1S/C13H19NO4/c1-2-12(14-16)11-5-3-4-6-13(11)18-10-9-17-8-7-15/h3-6,15-16H,2,7-10H2,1H3/b14-12-. The SMILES string of the molecule is CC/C(=N/O)c1ccccc1OCCOCCO. The maximum absolute atomic E-state index is 8.93. The molecule has 0 fully saturated rings. The molecule has 0 heterocycles. The Morgan fingerprint density at radius 1 is 1.22 bits per heavy atom. The van der Waals surface area contributed by atoms with Crippen LogP contribution in [0.25, 0.3) is 0 Å². The van der Waals surface area contributed by atoms with Gasteiger partial charge in [0.05, 0.1) is 25.5 Å². The van der Waals surface area contributed by atoms with Gasteiger partial charge in [-0.15, -0.1) is 0 Å². The van der Waals surface area contributed by atoms with Gasteiger partial charge in [-0.2, -0.15) is 0 Å². The Bertz CT molecular complexity index is 379. The van der Waals surface area contributed by atoms with E-state index in [0.717, 1.165) is 5.56 Å². The first-order valence-corrected chi connectivity index (χ1v) is 5.95. The van der Waals surface area contributed by atoms with Gasteiger partial charge in [-0.3, -0.25) is 0 Å². The lowest BCUT2D eigenvalue weighted by atomic mass is 10.1. The number of hydrogen-bond acceptors (Lipinski definition) is 5. The fraction of sp³-hybridized carbons (Fsp3) is 0.462. The minimum Gasteiger partial charge on any atom is -0.490 e. The van der Waals surface area contributed by atoms with Gasteiger partial charge in [-0.1, -0.05) is 24.2 Å². The molecular weight excluding hydrogens is 234 g/mol. The Kier molecular flexibility index (Phi) is 6.83. The van der Waals surface area contributed by atoms with E-state index in [4.69, 9.17) is 19.8 Å². The summed E-state index contributed by atoms with van der Waals surface area (Å²) in [5.74, 6) is 0.666. The third-order valence-electron chi connectivity index (χ3n) is 2.37. The van der Waals surface area contributed by atoms with Crippen LogP contribution in [0.5, 0.6) is 5.75 Å². The Morgan fingerprint density at radius 2 is 2.00 bits per heavy atom. The van der Waals surface area contributed by atoms with Gasteiger partial charge in [-0.05, 0) is 18.6 Å². The van der Waals surface area contributed by atoms with Crippen molar-refractivity contribution in [2.75, 3.05) is 26.4 Å². The van der Waals surface area contributed by atoms with Crippen LogP contribution in [0.4, 0.5) is 0 Å². The molecule has 5 heteroatoms. The summed E-state index contributed by atoms with van der Waals surface area (Å²) in [6, 6.07) is 7.40. The fourth-order valence-electron chi connectivity index (χ4n) is 1.52. The molecule has 0 saturated carbocycles. The van der Waals surface area contributed by atoms with Crippen molar-refractivity contribution in [2.45, 2.75) is 13.3 Å². The number of nitrogens with zero attached hydrogens (tertiary/aromatic N) is 1. The van der Waals surface area contributed by atoms with Crippen LogP contribution in [0.15, 0.2) is 29.4 Å². The summed E-state index contributed by atoms with van der Waals surface area (Å²) in [5, 5.41) is 20.7. The lowest BCUT2D eigenvalue weighted by Gasteiger charge is -2.11. The highest BCUT2D eigenvalue weighted by atomic mass is 16.5. The van der Waals surface area contributed by atoms with E-state index in [0.29, 0.717) is 37.7 Å². The molecule has 1 aromatic carbocycles. The molecule has 0 bridgehead atoms. The lowest BCUT2D eigenvalue weighted by Crippen LogP contribution is -2.11. The molecule has 0 amide bonds. The molecule has 5 nitrogen and oxygen atoms in total. The van der Waals surface area contributed by atoms with E-state index < -0.39 is 0 Å². The number of aliphatic hydroxyl groups excluding tert-OH is 1. The summed E-state index contributed by atoms with van der Waals surface area (Å²) in [5.41, 5.74) is 1.37. The van der Waals surface area contributed by atoms with Gasteiger partial charge in [-0.25, -0.2) is 0 Å². The average Bonchev–Trinajstić information content (AvgIpc) is 2.41. The number of oxime groups is 1. The number of hydrogen-bond donors (Lipinski definition) is 2. The second-order valence-electron chi connectivity index (χ2n) is 3.58. The highest BCUT2D eigenvalue weighted by Gasteiger charge is 2.08. The van der Waals surface area contributed by atoms with Gasteiger partial charge >= 0.3 is 0 Å². The zero-order chi connectivity index (χ0) is 13.2. The second-order valence-corrected chi connectivity index (χ2v) is 3.58. The normalized spacial score (nSPS) is 11.6. The largest absolute Gasteiger partial charge is 0.490 e.